The summed E-state index contributed by atoms with van der Waals surface area (Å²) in [5.41, 5.74) is 3.30. The molecule has 2 heterocycles. The predicted molar refractivity (Wildman–Crippen MR) is 76.9 cm³/mol. The Labute approximate surface area is 115 Å². The molecule has 0 aliphatic carbocycles. The number of carbonyl (C=O) groups excluding carboxylic acids is 2. The SMILES string of the molecule is CN1C(=O)CCc2cc(-c3ccc(C=O)s3)ccc21. The molecule has 1 aliphatic rings. The van der Waals surface area contributed by atoms with Crippen molar-refractivity contribution in [2.24, 2.45) is 0 Å². The molecule has 1 amide bonds. The zero-order chi connectivity index (χ0) is 13.4. The first kappa shape index (κ1) is 12.1. The molecule has 0 radical (unpaired) electrons. The standard InChI is InChI=1S/C15H13NO2S/c1-16-13-5-2-11(8-10(13)3-7-15(16)18)14-6-4-12(9-17)19-14/h2,4-6,8-9H,3,7H2,1H3. The molecule has 0 spiro atoms. The van der Waals surface area contributed by atoms with Gasteiger partial charge in [0.1, 0.15) is 0 Å². The van der Waals surface area contributed by atoms with Gasteiger partial charge in [-0.3, -0.25) is 9.59 Å². The van der Waals surface area contributed by atoms with Crippen molar-refractivity contribution in [2.75, 3.05) is 11.9 Å². The van der Waals surface area contributed by atoms with E-state index in [1.165, 1.54) is 16.9 Å². The summed E-state index contributed by atoms with van der Waals surface area (Å²) < 4.78 is 0. The average molecular weight is 271 g/mol. The van der Waals surface area contributed by atoms with Gasteiger partial charge in [-0.05, 0) is 41.8 Å². The van der Waals surface area contributed by atoms with Crippen LogP contribution in [0.4, 0.5) is 5.69 Å². The average Bonchev–Trinajstić information content (AvgIpc) is 2.91. The van der Waals surface area contributed by atoms with E-state index in [1.807, 2.05) is 31.3 Å². The number of carbonyl (C=O) groups is 2. The molecule has 4 heteroatoms. The van der Waals surface area contributed by atoms with Crippen LogP contribution in [0.3, 0.4) is 0 Å². The summed E-state index contributed by atoms with van der Waals surface area (Å²) in [6, 6.07) is 9.92. The molecule has 0 atom stereocenters. The van der Waals surface area contributed by atoms with Crippen LogP contribution in [0.5, 0.6) is 0 Å². The number of aldehydes is 1. The Bertz CT molecular complexity index is 660. The summed E-state index contributed by atoms with van der Waals surface area (Å²) >= 11 is 1.49. The van der Waals surface area contributed by atoms with Crippen molar-refractivity contribution in [3.8, 4) is 10.4 Å². The predicted octanol–water partition coefficient (Wildman–Crippen LogP) is 3.14. The van der Waals surface area contributed by atoms with Crippen LogP contribution < -0.4 is 4.90 Å². The highest BCUT2D eigenvalue weighted by Crippen LogP contribution is 2.33. The molecule has 3 nitrogen and oxygen atoms in total. The lowest BCUT2D eigenvalue weighted by Crippen LogP contribution is -2.30. The second kappa shape index (κ2) is 4.63. The van der Waals surface area contributed by atoms with Crippen molar-refractivity contribution in [1.29, 1.82) is 0 Å². The third kappa shape index (κ3) is 2.08. The molecular formula is C15H13NO2S. The maximum atomic E-state index is 11.6. The number of hydrogen-bond donors (Lipinski definition) is 0. The number of fused-ring (bicyclic) bond motifs is 1. The summed E-state index contributed by atoms with van der Waals surface area (Å²) in [7, 11) is 1.82. The lowest BCUT2D eigenvalue weighted by atomic mass is 9.99. The Hall–Kier alpha value is -1.94. The van der Waals surface area contributed by atoms with Crippen LogP contribution >= 0.6 is 11.3 Å². The first-order chi connectivity index (χ1) is 9.19. The fourth-order valence-corrected chi connectivity index (χ4v) is 3.20. The third-order valence-electron chi connectivity index (χ3n) is 3.45. The van der Waals surface area contributed by atoms with Crippen LogP contribution in [0.1, 0.15) is 21.7 Å². The van der Waals surface area contributed by atoms with Gasteiger partial charge in [-0.25, -0.2) is 0 Å². The molecule has 1 aromatic heterocycles. The molecule has 0 bridgehead atoms. The number of amides is 1. The smallest absolute Gasteiger partial charge is 0.227 e. The van der Waals surface area contributed by atoms with Crippen LogP contribution in [0.2, 0.25) is 0 Å². The quantitative estimate of drug-likeness (QED) is 0.787. The highest BCUT2D eigenvalue weighted by atomic mass is 32.1. The maximum absolute atomic E-state index is 11.6. The number of aryl methyl sites for hydroxylation is 1. The normalized spacial score (nSPS) is 14.4. The number of benzene rings is 1. The van der Waals surface area contributed by atoms with Crippen molar-refractivity contribution < 1.29 is 9.59 Å². The van der Waals surface area contributed by atoms with Gasteiger partial charge >= 0.3 is 0 Å². The summed E-state index contributed by atoms with van der Waals surface area (Å²) in [6.45, 7) is 0. The van der Waals surface area contributed by atoms with Gasteiger partial charge in [0.05, 0.1) is 4.88 Å². The highest BCUT2D eigenvalue weighted by Gasteiger charge is 2.21. The van der Waals surface area contributed by atoms with E-state index in [0.717, 1.165) is 33.7 Å². The first-order valence-corrected chi connectivity index (χ1v) is 6.95. The number of nitrogens with zero attached hydrogens (tertiary/aromatic N) is 1. The molecule has 0 unspecified atom stereocenters. The van der Waals surface area contributed by atoms with Gasteiger partial charge in [-0.15, -0.1) is 11.3 Å². The van der Waals surface area contributed by atoms with Crippen molar-refractivity contribution in [1.82, 2.24) is 0 Å². The fraction of sp³-hybridized carbons (Fsp3) is 0.200. The van der Waals surface area contributed by atoms with E-state index < -0.39 is 0 Å². The van der Waals surface area contributed by atoms with E-state index in [0.29, 0.717) is 6.42 Å². The van der Waals surface area contributed by atoms with Crippen molar-refractivity contribution in [2.45, 2.75) is 12.8 Å². The van der Waals surface area contributed by atoms with Crippen LogP contribution in [0, 0.1) is 0 Å². The minimum Gasteiger partial charge on any atom is -0.315 e. The molecule has 0 fully saturated rings. The Morgan fingerprint density at radius 2 is 2.05 bits per heavy atom. The van der Waals surface area contributed by atoms with Gasteiger partial charge < -0.3 is 4.90 Å². The van der Waals surface area contributed by atoms with Gasteiger partial charge in [0.2, 0.25) is 5.91 Å². The molecule has 0 saturated heterocycles. The first-order valence-electron chi connectivity index (χ1n) is 6.14. The molecule has 96 valence electrons. The minimum atomic E-state index is 0.166. The van der Waals surface area contributed by atoms with Gasteiger partial charge in [0.25, 0.3) is 0 Å². The van der Waals surface area contributed by atoms with Crippen LogP contribution in [-0.4, -0.2) is 19.2 Å². The molecule has 0 N–H and O–H groups in total. The lowest BCUT2D eigenvalue weighted by molar-refractivity contribution is -0.118. The van der Waals surface area contributed by atoms with Gasteiger partial charge in [0, 0.05) is 24.0 Å². The largest absolute Gasteiger partial charge is 0.315 e. The summed E-state index contributed by atoms with van der Waals surface area (Å²) in [4.78, 5) is 25.9. The monoisotopic (exact) mass is 271 g/mol. The van der Waals surface area contributed by atoms with E-state index >= 15 is 0 Å². The molecule has 2 aromatic rings. The van der Waals surface area contributed by atoms with Crippen molar-refractivity contribution in [3.63, 3.8) is 0 Å². The summed E-state index contributed by atoms with van der Waals surface area (Å²) in [6.07, 6.45) is 2.23. The third-order valence-corrected chi connectivity index (χ3v) is 4.51. The van der Waals surface area contributed by atoms with E-state index in [9.17, 15) is 9.59 Å². The topological polar surface area (TPSA) is 37.4 Å². The molecule has 3 rings (SSSR count). The van der Waals surface area contributed by atoms with Gasteiger partial charge in [-0.1, -0.05) is 6.07 Å². The van der Waals surface area contributed by atoms with E-state index in [-0.39, 0.29) is 5.91 Å². The number of thiophene rings is 1. The maximum Gasteiger partial charge on any atom is 0.227 e. The zero-order valence-corrected chi connectivity index (χ0v) is 11.4. The summed E-state index contributed by atoms with van der Waals surface area (Å²) in [5.74, 6) is 0.166. The Morgan fingerprint density at radius 1 is 1.21 bits per heavy atom. The second-order valence-corrected chi connectivity index (χ2v) is 5.73. The Morgan fingerprint density at radius 3 is 2.79 bits per heavy atom. The van der Waals surface area contributed by atoms with Gasteiger partial charge in [-0.2, -0.15) is 0 Å². The number of anilines is 1. The van der Waals surface area contributed by atoms with Crippen LogP contribution in [-0.2, 0) is 11.2 Å². The van der Waals surface area contributed by atoms with Crippen molar-refractivity contribution >= 4 is 29.2 Å². The van der Waals surface area contributed by atoms with Crippen molar-refractivity contribution in [3.05, 3.63) is 40.8 Å². The Kier molecular flexibility index (Phi) is 2.95. The van der Waals surface area contributed by atoms with Crippen LogP contribution in [0.15, 0.2) is 30.3 Å². The second-order valence-electron chi connectivity index (χ2n) is 4.62. The Balaban J connectivity index is 2.02. The number of hydrogen-bond acceptors (Lipinski definition) is 3. The van der Waals surface area contributed by atoms with Gasteiger partial charge in [0.15, 0.2) is 6.29 Å². The number of rotatable bonds is 2. The van der Waals surface area contributed by atoms with E-state index in [1.54, 1.807) is 4.90 Å². The van der Waals surface area contributed by atoms with E-state index in [4.69, 9.17) is 0 Å². The van der Waals surface area contributed by atoms with Crippen LogP contribution in [0.25, 0.3) is 10.4 Å². The molecule has 1 aromatic carbocycles. The fourth-order valence-electron chi connectivity index (χ4n) is 2.38. The van der Waals surface area contributed by atoms with E-state index in [2.05, 4.69) is 6.07 Å². The minimum absolute atomic E-state index is 0.166. The molecule has 1 aliphatic heterocycles. The lowest BCUT2D eigenvalue weighted by Gasteiger charge is -2.26. The highest BCUT2D eigenvalue weighted by molar-refractivity contribution is 7.17. The molecular weight excluding hydrogens is 258 g/mol. The zero-order valence-electron chi connectivity index (χ0n) is 10.6. The molecule has 19 heavy (non-hydrogen) atoms. The molecule has 0 saturated carbocycles. The summed E-state index contributed by atoms with van der Waals surface area (Å²) in [5, 5.41) is 0.